The Morgan fingerprint density at radius 1 is 1.44 bits per heavy atom. The quantitative estimate of drug-likeness (QED) is 0.759. The molecule has 0 fully saturated rings. The molecule has 0 amide bonds. The van der Waals surface area contributed by atoms with Crippen LogP contribution >= 0.6 is 0 Å². The van der Waals surface area contributed by atoms with Gasteiger partial charge in [-0.3, -0.25) is 0 Å². The second-order valence-electron chi connectivity index (χ2n) is 4.85. The molecule has 1 aromatic rings. The summed E-state index contributed by atoms with van der Waals surface area (Å²) in [5.74, 6) is 1.81. The van der Waals surface area contributed by atoms with Gasteiger partial charge in [-0.05, 0) is 40.1 Å². The third kappa shape index (κ3) is 4.79. The number of likely N-dealkylation sites (N-methyl/N-ethyl adjacent to an activating group) is 1. The molecule has 0 aromatic carbocycles. The van der Waals surface area contributed by atoms with Gasteiger partial charge in [-0.15, -0.1) is 0 Å². The maximum absolute atomic E-state index is 10.0. The van der Waals surface area contributed by atoms with Crippen LogP contribution in [0.3, 0.4) is 0 Å². The van der Waals surface area contributed by atoms with Gasteiger partial charge < -0.3 is 19.7 Å². The van der Waals surface area contributed by atoms with E-state index in [1.54, 1.807) is 0 Å². The van der Waals surface area contributed by atoms with Crippen LogP contribution in [0.25, 0.3) is 0 Å². The predicted molar refractivity (Wildman–Crippen MR) is 64.3 cm³/mol. The largest absolute Gasteiger partial charge is 0.465 e. The fraction of sp³-hybridized carbons (Fsp3) is 0.667. The van der Waals surface area contributed by atoms with E-state index in [0.29, 0.717) is 19.6 Å². The van der Waals surface area contributed by atoms with Crippen molar-refractivity contribution < 1.29 is 9.52 Å². The summed E-state index contributed by atoms with van der Waals surface area (Å²) in [6.07, 6.45) is 0. The number of hydrogen-bond donors (Lipinski definition) is 2. The zero-order valence-electron chi connectivity index (χ0n) is 10.6. The lowest BCUT2D eigenvalue weighted by atomic mass is 10.1. The number of aliphatic hydroxyl groups is 1. The molecule has 16 heavy (non-hydrogen) atoms. The van der Waals surface area contributed by atoms with Crippen LogP contribution in [0.4, 0.5) is 0 Å². The van der Waals surface area contributed by atoms with Gasteiger partial charge in [0.15, 0.2) is 0 Å². The van der Waals surface area contributed by atoms with E-state index in [9.17, 15) is 5.11 Å². The van der Waals surface area contributed by atoms with Crippen LogP contribution < -0.4 is 5.32 Å². The summed E-state index contributed by atoms with van der Waals surface area (Å²) in [5.41, 5.74) is -0.717. The molecule has 1 rings (SSSR count). The summed E-state index contributed by atoms with van der Waals surface area (Å²) >= 11 is 0. The smallest absolute Gasteiger partial charge is 0.117 e. The first-order valence-corrected chi connectivity index (χ1v) is 5.52. The van der Waals surface area contributed by atoms with Gasteiger partial charge in [0.05, 0.1) is 12.1 Å². The van der Waals surface area contributed by atoms with Gasteiger partial charge in [0.2, 0.25) is 0 Å². The Hall–Kier alpha value is -0.840. The molecular weight excluding hydrogens is 204 g/mol. The van der Waals surface area contributed by atoms with E-state index in [-0.39, 0.29) is 0 Å². The first kappa shape index (κ1) is 13.2. The Kier molecular flexibility index (Phi) is 4.53. The molecule has 0 aliphatic rings. The second-order valence-corrected chi connectivity index (χ2v) is 4.85. The van der Waals surface area contributed by atoms with Crippen molar-refractivity contribution in [1.82, 2.24) is 10.2 Å². The highest BCUT2D eigenvalue weighted by Crippen LogP contribution is 2.07. The maximum Gasteiger partial charge on any atom is 0.117 e. The van der Waals surface area contributed by atoms with Crippen molar-refractivity contribution in [3.63, 3.8) is 0 Å². The van der Waals surface area contributed by atoms with Gasteiger partial charge in [-0.2, -0.15) is 0 Å². The van der Waals surface area contributed by atoms with Crippen LogP contribution in [-0.2, 0) is 6.54 Å². The van der Waals surface area contributed by atoms with Crippen molar-refractivity contribution in [2.75, 3.05) is 27.2 Å². The summed E-state index contributed by atoms with van der Waals surface area (Å²) in [7, 11) is 3.90. The highest BCUT2D eigenvalue weighted by molar-refractivity contribution is 5.05. The molecule has 0 spiro atoms. The summed E-state index contributed by atoms with van der Waals surface area (Å²) in [6.45, 7) is 5.58. The van der Waals surface area contributed by atoms with Crippen molar-refractivity contribution >= 4 is 0 Å². The van der Waals surface area contributed by atoms with Crippen molar-refractivity contribution in [2.24, 2.45) is 0 Å². The Labute approximate surface area is 97.2 Å². The fourth-order valence-electron chi connectivity index (χ4n) is 1.77. The topological polar surface area (TPSA) is 48.6 Å². The van der Waals surface area contributed by atoms with Gasteiger partial charge in [-0.1, -0.05) is 0 Å². The lowest BCUT2D eigenvalue weighted by molar-refractivity contribution is 0.0332. The van der Waals surface area contributed by atoms with Gasteiger partial charge in [0.1, 0.15) is 11.5 Å². The van der Waals surface area contributed by atoms with Crippen molar-refractivity contribution in [2.45, 2.75) is 26.0 Å². The van der Waals surface area contributed by atoms with E-state index < -0.39 is 5.60 Å². The Morgan fingerprint density at radius 2 is 2.12 bits per heavy atom. The number of aryl methyl sites for hydroxylation is 1. The SMILES string of the molecule is Cc1ccc(CNCC(C)(O)CN(C)C)o1. The van der Waals surface area contributed by atoms with E-state index in [0.717, 1.165) is 11.5 Å². The van der Waals surface area contributed by atoms with Gasteiger partial charge in [0.25, 0.3) is 0 Å². The van der Waals surface area contributed by atoms with Crippen molar-refractivity contribution in [3.05, 3.63) is 23.7 Å². The molecule has 0 aliphatic heterocycles. The molecule has 92 valence electrons. The molecule has 1 heterocycles. The molecule has 1 aromatic heterocycles. The van der Waals surface area contributed by atoms with Gasteiger partial charge in [-0.25, -0.2) is 0 Å². The van der Waals surface area contributed by atoms with Crippen LogP contribution in [0.1, 0.15) is 18.4 Å². The molecule has 0 bridgehead atoms. The minimum absolute atomic E-state index is 0.547. The fourth-order valence-corrected chi connectivity index (χ4v) is 1.77. The Morgan fingerprint density at radius 3 is 2.62 bits per heavy atom. The first-order chi connectivity index (χ1) is 7.39. The molecule has 0 saturated heterocycles. The number of rotatable bonds is 6. The summed E-state index contributed by atoms with van der Waals surface area (Å²) in [4.78, 5) is 1.97. The van der Waals surface area contributed by atoms with Gasteiger partial charge >= 0.3 is 0 Å². The van der Waals surface area contributed by atoms with E-state index in [1.807, 2.05) is 45.0 Å². The zero-order chi connectivity index (χ0) is 12.2. The van der Waals surface area contributed by atoms with Crippen LogP contribution in [0.2, 0.25) is 0 Å². The maximum atomic E-state index is 10.0. The molecule has 1 atom stereocenters. The number of nitrogens with zero attached hydrogens (tertiary/aromatic N) is 1. The Balaban J connectivity index is 2.29. The number of nitrogens with one attached hydrogen (secondary N) is 1. The van der Waals surface area contributed by atoms with Crippen LogP contribution in [0.5, 0.6) is 0 Å². The van der Waals surface area contributed by atoms with E-state index in [2.05, 4.69) is 5.32 Å². The van der Waals surface area contributed by atoms with E-state index in [1.165, 1.54) is 0 Å². The molecule has 1 unspecified atom stereocenters. The van der Waals surface area contributed by atoms with Crippen molar-refractivity contribution in [1.29, 1.82) is 0 Å². The predicted octanol–water partition coefficient (Wildman–Crippen LogP) is 0.990. The van der Waals surface area contributed by atoms with Crippen LogP contribution in [0, 0.1) is 6.92 Å². The number of hydrogen-bond acceptors (Lipinski definition) is 4. The number of furan rings is 1. The van der Waals surface area contributed by atoms with Gasteiger partial charge in [0, 0.05) is 13.1 Å². The van der Waals surface area contributed by atoms with Crippen LogP contribution in [-0.4, -0.2) is 42.8 Å². The minimum atomic E-state index is -0.717. The molecule has 0 radical (unpaired) electrons. The zero-order valence-corrected chi connectivity index (χ0v) is 10.6. The molecular formula is C12H22N2O2. The first-order valence-electron chi connectivity index (χ1n) is 5.52. The molecule has 4 nitrogen and oxygen atoms in total. The standard InChI is InChI=1S/C12H22N2O2/c1-10-5-6-11(16-10)7-13-8-12(2,15)9-14(3)4/h5-6,13,15H,7-9H2,1-4H3. The molecule has 0 aliphatic carbocycles. The molecule has 0 saturated carbocycles. The minimum Gasteiger partial charge on any atom is -0.465 e. The van der Waals surface area contributed by atoms with Crippen molar-refractivity contribution in [3.8, 4) is 0 Å². The second kappa shape index (κ2) is 5.48. The highest BCUT2D eigenvalue weighted by atomic mass is 16.3. The summed E-state index contributed by atoms with van der Waals surface area (Å²) in [5, 5.41) is 13.2. The summed E-state index contributed by atoms with van der Waals surface area (Å²) in [6, 6.07) is 3.89. The summed E-state index contributed by atoms with van der Waals surface area (Å²) < 4.78 is 5.42. The normalized spacial score (nSPS) is 15.4. The Bertz CT molecular complexity index is 319. The molecule has 2 N–H and O–H groups in total. The highest BCUT2D eigenvalue weighted by Gasteiger charge is 2.20. The molecule has 4 heteroatoms. The third-order valence-electron chi connectivity index (χ3n) is 2.26. The average molecular weight is 226 g/mol. The van der Waals surface area contributed by atoms with Crippen LogP contribution in [0.15, 0.2) is 16.5 Å². The van der Waals surface area contributed by atoms with E-state index in [4.69, 9.17) is 4.42 Å². The third-order valence-corrected chi connectivity index (χ3v) is 2.26. The van der Waals surface area contributed by atoms with E-state index >= 15 is 0 Å². The average Bonchev–Trinajstić information content (AvgIpc) is 2.48. The lowest BCUT2D eigenvalue weighted by Gasteiger charge is -2.27. The lowest BCUT2D eigenvalue weighted by Crippen LogP contribution is -2.45. The monoisotopic (exact) mass is 226 g/mol.